The molecule has 3 aromatic rings. The third-order valence-electron chi connectivity index (χ3n) is 4.90. The first-order chi connectivity index (χ1) is 13.4. The monoisotopic (exact) mass is 393 g/mol. The highest BCUT2D eigenvalue weighted by atomic mass is 32.2. The average Bonchev–Trinajstić information content (AvgIpc) is 2.65. The summed E-state index contributed by atoms with van der Waals surface area (Å²) in [7, 11) is 0. The normalized spacial score (nSPS) is 15.4. The summed E-state index contributed by atoms with van der Waals surface area (Å²) in [6, 6.07) is 9.74. The van der Waals surface area contributed by atoms with Crippen molar-refractivity contribution in [1.82, 2.24) is 14.5 Å². The minimum absolute atomic E-state index is 0.106. The van der Waals surface area contributed by atoms with Gasteiger partial charge in [-0.2, -0.15) is 0 Å². The Bertz CT molecular complexity index is 1130. The second-order valence-corrected chi connectivity index (χ2v) is 8.60. The van der Waals surface area contributed by atoms with Gasteiger partial charge in [-0.15, -0.1) is 6.58 Å². The maximum atomic E-state index is 13.5. The number of ether oxygens (including phenoxy) is 1. The Morgan fingerprint density at radius 2 is 2.11 bits per heavy atom. The molecule has 0 bridgehead atoms. The number of para-hydroxylation sites is 1. The second-order valence-electron chi connectivity index (χ2n) is 7.61. The highest BCUT2D eigenvalue weighted by Gasteiger charge is 2.28. The lowest BCUT2D eigenvalue weighted by atomic mass is 9.95. The fourth-order valence-corrected chi connectivity index (χ4v) is 4.16. The predicted molar refractivity (Wildman–Crippen MR) is 113 cm³/mol. The first-order valence-corrected chi connectivity index (χ1v) is 10.3. The molecule has 0 N–H and O–H groups in total. The Hall–Kier alpha value is -2.44. The second kappa shape index (κ2) is 7.18. The van der Waals surface area contributed by atoms with Crippen molar-refractivity contribution < 1.29 is 4.74 Å². The summed E-state index contributed by atoms with van der Waals surface area (Å²) in [6.07, 6.45) is 2.51. The summed E-state index contributed by atoms with van der Waals surface area (Å²) in [5.74, 6) is 0.662. The molecular weight excluding hydrogens is 370 g/mol. The van der Waals surface area contributed by atoms with E-state index in [0.29, 0.717) is 35.0 Å². The van der Waals surface area contributed by atoms with Gasteiger partial charge < -0.3 is 4.74 Å². The number of benzene rings is 1. The molecule has 3 heterocycles. The predicted octanol–water partition coefficient (Wildman–Crippen LogP) is 4.22. The molecule has 1 aromatic carbocycles. The van der Waals surface area contributed by atoms with Crippen molar-refractivity contribution in [2.24, 2.45) is 0 Å². The van der Waals surface area contributed by atoms with E-state index in [1.54, 1.807) is 4.57 Å². The van der Waals surface area contributed by atoms with Crippen LogP contribution in [0.15, 0.2) is 52.9 Å². The van der Waals surface area contributed by atoms with E-state index in [4.69, 9.17) is 14.7 Å². The molecule has 1 aliphatic heterocycles. The van der Waals surface area contributed by atoms with Gasteiger partial charge in [-0.3, -0.25) is 9.36 Å². The van der Waals surface area contributed by atoms with Gasteiger partial charge in [0.25, 0.3) is 5.56 Å². The lowest BCUT2D eigenvalue weighted by Crippen LogP contribution is -2.33. The lowest BCUT2D eigenvalue weighted by molar-refractivity contribution is -0.0411. The number of aromatic nitrogens is 3. The van der Waals surface area contributed by atoms with E-state index in [2.05, 4.69) is 20.4 Å². The van der Waals surface area contributed by atoms with Crippen LogP contribution in [0.25, 0.3) is 16.7 Å². The van der Waals surface area contributed by atoms with Gasteiger partial charge in [0.2, 0.25) is 0 Å². The van der Waals surface area contributed by atoms with E-state index in [1.165, 1.54) is 11.8 Å². The van der Waals surface area contributed by atoms with Gasteiger partial charge in [-0.05, 0) is 38.5 Å². The van der Waals surface area contributed by atoms with Crippen LogP contribution in [-0.2, 0) is 17.8 Å². The number of hydrogen-bond donors (Lipinski definition) is 0. The van der Waals surface area contributed by atoms with Crippen molar-refractivity contribution in [2.75, 3.05) is 5.75 Å². The van der Waals surface area contributed by atoms with E-state index >= 15 is 0 Å². The van der Waals surface area contributed by atoms with Crippen molar-refractivity contribution in [3.05, 3.63) is 70.2 Å². The van der Waals surface area contributed by atoms with Gasteiger partial charge in [0, 0.05) is 17.7 Å². The van der Waals surface area contributed by atoms with Crippen LogP contribution < -0.4 is 5.56 Å². The van der Waals surface area contributed by atoms with E-state index in [-0.39, 0.29) is 11.2 Å². The van der Waals surface area contributed by atoms with E-state index in [1.807, 2.05) is 43.3 Å². The Labute approximate surface area is 168 Å². The summed E-state index contributed by atoms with van der Waals surface area (Å²) < 4.78 is 7.59. The van der Waals surface area contributed by atoms with Gasteiger partial charge in [0.05, 0.1) is 29.0 Å². The highest BCUT2D eigenvalue weighted by Crippen LogP contribution is 2.29. The molecule has 0 spiro atoms. The minimum Gasteiger partial charge on any atom is -0.370 e. The smallest absolute Gasteiger partial charge is 0.268 e. The molecule has 0 saturated heterocycles. The standard InChI is InChI=1S/C22H23N3O2S/c1-5-10-28-21-24-19-16(11-15-13-27-22(3,4)12-17(15)23-19)20(26)25(21)18-9-7-6-8-14(18)2/h5-9,11H,1,10,12-13H2,2-4H3. The summed E-state index contributed by atoms with van der Waals surface area (Å²) in [5.41, 5.74) is 3.91. The fraction of sp³-hybridized carbons (Fsp3) is 0.318. The zero-order chi connectivity index (χ0) is 19.9. The SMILES string of the molecule is C=CCSc1nc2nc3c(cc2c(=O)n1-c1ccccc1C)COC(C)(C)C3. The molecule has 144 valence electrons. The van der Waals surface area contributed by atoms with Gasteiger partial charge in [-0.1, -0.05) is 36.0 Å². The van der Waals surface area contributed by atoms with Crippen LogP contribution in [0.1, 0.15) is 30.7 Å². The zero-order valence-corrected chi connectivity index (χ0v) is 17.2. The van der Waals surface area contributed by atoms with Gasteiger partial charge >= 0.3 is 0 Å². The topological polar surface area (TPSA) is 57.0 Å². The van der Waals surface area contributed by atoms with Gasteiger partial charge in [0.15, 0.2) is 10.8 Å². The maximum absolute atomic E-state index is 13.5. The zero-order valence-electron chi connectivity index (χ0n) is 16.4. The van der Waals surface area contributed by atoms with Crippen LogP contribution in [0, 0.1) is 6.92 Å². The molecule has 0 aliphatic carbocycles. The Balaban J connectivity index is 1.98. The van der Waals surface area contributed by atoms with Crippen LogP contribution in [0.4, 0.5) is 0 Å². The number of aryl methyl sites for hydroxylation is 1. The summed E-state index contributed by atoms with van der Waals surface area (Å²) in [5, 5.41) is 1.15. The van der Waals surface area contributed by atoms with Crippen molar-refractivity contribution in [3.8, 4) is 5.69 Å². The minimum atomic E-state index is -0.260. The largest absolute Gasteiger partial charge is 0.370 e. The Kier molecular flexibility index (Phi) is 4.85. The van der Waals surface area contributed by atoms with Crippen molar-refractivity contribution in [1.29, 1.82) is 0 Å². The van der Waals surface area contributed by atoms with E-state index < -0.39 is 0 Å². The van der Waals surface area contributed by atoms with Crippen molar-refractivity contribution >= 4 is 22.8 Å². The molecule has 6 heteroatoms. The van der Waals surface area contributed by atoms with Crippen molar-refractivity contribution in [3.63, 3.8) is 0 Å². The lowest BCUT2D eigenvalue weighted by Gasteiger charge is -2.31. The number of rotatable bonds is 4. The third kappa shape index (κ3) is 3.38. The van der Waals surface area contributed by atoms with Crippen LogP contribution in [0.2, 0.25) is 0 Å². The number of thioether (sulfide) groups is 1. The molecule has 0 unspecified atom stereocenters. The quantitative estimate of drug-likeness (QED) is 0.377. The number of fused-ring (bicyclic) bond motifs is 2. The molecule has 5 nitrogen and oxygen atoms in total. The molecule has 0 amide bonds. The summed E-state index contributed by atoms with van der Waals surface area (Å²) >= 11 is 1.49. The number of pyridine rings is 1. The first kappa shape index (κ1) is 18.9. The summed E-state index contributed by atoms with van der Waals surface area (Å²) in [6.45, 7) is 10.3. The van der Waals surface area contributed by atoms with Crippen molar-refractivity contribution in [2.45, 2.75) is 44.6 Å². The fourth-order valence-electron chi connectivity index (χ4n) is 3.43. The molecule has 4 rings (SSSR count). The van der Waals surface area contributed by atoms with Crippen LogP contribution in [-0.4, -0.2) is 25.9 Å². The number of nitrogens with zero attached hydrogens (tertiary/aromatic N) is 3. The van der Waals surface area contributed by atoms with E-state index in [9.17, 15) is 4.79 Å². The van der Waals surface area contributed by atoms with Gasteiger partial charge in [0.1, 0.15) is 0 Å². The molecule has 2 aromatic heterocycles. The third-order valence-corrected chi connectivity index (χ3v) is 5.83. The average molecular weight is 394 g/mol. The van der Waals surface area contributed by atoms with E-state index in [0.717, 1.165) is 22.5 Å². The molecule has 1 aliphatic rings. The van der Waals surface area contributed by atoms with Gasteiger partial charge in [-0.25, -0.2) is 9.97 Å². The Morgan fingerprint density at radius 3 is 2.86 bits per heavy atom. The first-order valence-electron chi connectivity index (χ1n) is 9.29. The molecule has 0 saturated carbocycles. The van der Waals surface area contributed by atoms with Crippen LogP contribution >= 0.6 is 11.8 Å². The molecule has 0 radical (unpaired) electrons. The maximum Gasteiger partial charge on any atom is 0.268 e. The molecule has 28 heavy (non-hydrogen) atoms. The highest BCUT2D eigenvalue weighted by molar-refractivity contribution is 7.99. The van der Waals surface area contributed by atoms with Crippen LogP contribution in [0.3, 0.4) is 0 Å². The molecular formula is C22H23N3O2S. The van der Waals surface area contributed by atoms with Crippen LogP contribution in [0.5, 0.6) is 0 Å². The molecule has 0 fully saturated rings. The number of hydrogen-bond acceptors (Lipinski definition) is 5. The Morgan fingerprint density at radius 1 is 1.32 bits per heavy atom. The molecule has 0 atom stereocenters. The summed E-state index contributed by atoms with van der Waals surface area (Å²) in [4.78, 5) is 23.0.